The van der Waals surface area contributed by atoms with Gasteiger partial charge < -0.3 is 14.8 Å². The van der Waals surface area contributed by atoms with E-state index in [1.165, 1.54) is 12.2 Å². The summed E-state index contributed by atoms with van der Waals surface area (Å²) in [7, 11) is 1.61. The van der Waals surface area contributed by atoms with E-state index in [0.717, 1.165) is 11.3 Å². The van der Waals surface area contributed by atoms with Gasteiger partial charge in [0.05, 0.1) is 7.11 Å². The monoisotopic (exact) mass is 407 g/mol. The van der Waals surface area contributed by atoms with E-state index in [4.69, 9.17) is 32.7 Å². The molecular weight excluding hydrogens is 389 g/mol. The molecule has 1 amide bonds. The summed E-state index contributed by atoms with van der Waals surface area (Å²) in [5, 5.41) is 3.53. The smallest absolute Gasteiger partial charge is 0.331 e. The minimum absolute atomic E-state index is 0.359. The lowest BCUT2D eigenvalue weighted by molar-refractivity contribution is -0.143. The van der Waals surface area contributed by atoms with Gasteiger partial charge in [-0.3, -0.25) is 4.79 Å². The summed E-state index contributed by atoms with van der Waals surface area (Å²) in [5.41, 5.74) is 1.58. The predicted octanol–water partition coefficient (Wildman–Crippen LogP) is 3.92. The summed E-state index contributed by atoms with van der Waals surface area (Å²) in [5.74, 6) is -0.252. The lowest BCUT2D eigenvalue weighted by Crippen LogP contribution is -2.30. The van der Waals surface area contributed by atoms with Crippen LogP contribution in [0.15, 0.2) is 48.5 Å². The van der Waals surface area contributed by atoms with Crippen LogP contribution in [0, 0.1) is 0 Å². The van der Waals surface area contributed by atoms with Crippen molar-refractivity contribution in [2.75, 3.05) is 20.3 Å². The molecule has 0 atom stereocenters. The molecule has 0 heterocycles. The highest BCUT2D eigenvalue weighted by molar-refractivity contribution is 6.37. The number of esters is 1. The van der Waals surface area contributed by atoms with Gasteiger partial charge in [0.1, 0.15) is 5.75 Å². The van der Waals surface area contributed by atoms with Gasteiger partial charge in [-0.25, -0.2) is 4.79 Å². The van der Waals surface area contributed by atoms with E-state index in [0.29, 0.717) is 28.6 Å². The van der Waals surface area contributed by atoms with E-state index >= 15 is 0 Å². The van der Waals surface area contributed by atoms with Crippen LogP contribution in [0.25, 0.3) is 6.08 Å². The van der Waals surface area contributed by atoms with Crippen molar-refractivity contribution in [3.63, 3.8) is 0 Å². The molecule has 0 aliphatic heterocycles. The number of benzene rings is 2. The van der Waals surface area contributed by atoms with Crippen molar-refractivity contribution in [1.29, 1.82) is 0 Å². The Bertz CT molecular complexity index is 799. The lowest BCUT2D eigenvalue weighted by Gasteiger charge is -2.06. The summed E-state index contributed by atoms with van der Waals surface area (Å²) in [4.78, 5) is 23.5. The molecule has 0 aromatic heterocycles. The second-order valence-corrected chi connectivity index (χ2v) is 6.34. The number of rotatable bonds is 8. The fraction of sp³-hybridized carbons (Fsp3) is 0.200. The normalized spacial score (nSPS) is 10.6. The van der Waals surface area contributed by atoms with Crippen molar-refractivity contribution in [3.05, 3.63) is 69.7 Å². The number of amides is 1. The van der Waals surface area contributed by atoms with Gasteiger partial charge in [-0.1, -0.05) is 41.4 Å². The van der Waals surface area contributed by atoms with Crippen LogP contribution >= 0.6 is 23.2 Å². The van der Waals surface area contributed by atoms with Crippen molar-refractivity contribution in [2.24, 2.45) is 0 Å². The van der Waals surface area contributed by atoms with Gasteiger partial charge in [0.2, 0.25) is 0 Å². The highest BCUT2D eigenvalue weighted by Gasteiger charge is 2.06. The predicted molar refractivity (Wildman–Crippen MR) is 106 cm³/mol. The summed E-state index contributed by atoms with van der Waals surface area (Å²) < 4.78 is 9.99. The molecule has 5 nitrogen and oxygen atoms in total. The number of methoxy groups -OCH3 is 1. The molecule has 0 aliphatic rings. The summed E-state index contributed by atoms with van der Waals surface area (Å²) in [6, 6.07) is 12.6. The van der Waals surface area contributed by atoms with Gasteiger partial charge in [-0.2, -0.15) is 0 Å². The lowest BCUT2D eigenvalue weighted by atomic mass is 10.1. The molecule has 2 aromatic rings. The quantitative estimate of drug-likeness (QED) is 0.531. The second kappa shape index (κ2) is 10.6. The molecule has 7 heteroatoms. The molecule has 0 radical (unpaired) electrons. The third-order valence-corrected chi connectivity index (χ3v) is 4.29. The fourth-order valence-electron chi connectivity index (χ4n) is 2.20. The number of hydrogen-bond donors (Lipinski definition) is 1. The first-order chi connectivity index (χ1) is 13.0. The molecule has 0 aliphatic carbocycles. The summed E-state index contributed by atoms with van der Waals surface area (Å²) in [6.45, 7) is 0.0792. The van der Waals surface area contributed by atoms with Crippen molar-refractivity contribution in [2.45, 2.75) is 6.42 Å². The van der Waals surface area contributed by atoms with Gasteiger partial charge in [0.25, 0.3) is 5.91 Å². The Balaban J connectivity index is 1.71. The zero-order valence-corrected chi connectivity index (χ0v) is 16.2. The fourth-order valence-corrected chi connectivity index (χ4v) is 2.72. The molecular formula is C20H19Cl2NO4. The highest BCUT2D eigenvalue weighted by Crippen LogP contribution is 2.25. The van der Waals surface area contributed by atoms with Crippen LogP contribution < -0.4 is 10.1 Å². The Morgan fingerprint density at radius 3 is 2.37 bits per heavy atom. The number of halogens is 2. The third kappa shape index (κ3) is 6.96. The molecule has 0 bridgehead atoms. The zero-order chi connectivity index (χ0) is 19.6. The molecule has 0 unspecified atom stereocenters. The molecule has 27 heavy (non-hydrogen) atoms. The number of nitrogens with one attached hydrogen (secondary N) is 1. The van der Waals surface area contributed by atoms with Gasteiger partial charge >= 0.3 is 5.97 Å². The zero-order valence-electron chi connectivity index (χ0n) is 14.7. The van der Waals surface area contributed by atoms with Crippen LogP contribution in [-0.4, -0.2) is 32.1 Å². The topological polar surface area (TPSA) is 64.6 Å². The minimum Gasteiger partial charge on any atom is -0.497 e. The van der Waals surface area contributed by atoms with Crippen LogP contribution in [-0.2, 0) is 20.7 Å². The van der Waals surface area contributed by atoms with Crippen molar-refractivity contribution in [1.82, 2.24) is 5.32 Å². The summed E-state index contributed by atoms with van der Waals surface area (Å²) in [6.07, 6.45) is 3.29. The van der Waals surface area contributed by atoms with E-state index in [2.05, 4.69) is 5.32 Å². The minimum atomic E-state index is -0.656. The Hall–Kier alpha value is -2.50. The van der Waals surface area contributed by atoms with Gasteiger partial charge in [0.15, 0.2) is 6.61 Å². The molecule has 142 valence electrons. The average Bonchev–Trinajstić information content (AvgIpc) is 2.66. The van der Waals surface area contributed by atoms with E-state index in [1.54, 1.807) is 25.3 Å². The Labute approximate surface area is 167 Å². The largest absolute Gasteiger partial charge is 0.497 e. The van der Waals surface area contributed by atoms with E-state index < -0.39 is 5.97 Å². The maximum absolute atomic E-state index is 11.7. The number of carbonyl (C=O) groups excluding carboxylic acids is 2. The average molecular weight is 408 g/mol. The first-order valence-electron chi connectivity index (χ1n) is 8.18. The van der Waals surface area contributed by atoms with E-state index in [-0.39, 0.29) is 12.5 Å². The van der Waals surface area contributed by atoms with E-state index in [9.17, 15) is 9.59 Å². The summed E-state index contributed by atoms with van der Waals surface area (Å²) >= 11 is 12.0. The number of ether oxygens (including phenoxy) is 2. The van der Waals surface area contributed by atoms with Crippen LogP contribution in [0.3, 0.4) is 0 Å². The Morgan fingerprint density at radius 1 is 1.07 bits per heavy atom. The maximum atomic E-state index is 11.7. The van der Waals surface area contributed by atoms with E-state index in [1.807, 2.05) is 24.3 Å². The van der Waals surface area contributed by atoms with Gasteiger partial charge in [-0.05, 0) is 42.3 Å². The van der Waals surface area contributed by atoms with Gasteiger partial charge in [-0.15, -0.1) is 0 Å². The second-order valence-electron chi connectivity index (χ2n) is 5.52. The molecule has 0 spiro atoms. The maximum Gasteiger partial charge on any atom is 0.331 e. The number of carbonyl (C=O) groups is 2. The number of hydrogen-bond acceptors (Lipinski definition) is 4. The Morgan fingerprint density at radius 2 is 1.74 bits per heavy atom. The van der Waals surface area contributed by atoms with Gasteiger partial charge in [0, 0.05) is 28.2 Å². The van der Waals surface area contributed by atoms with Crippen molar-refractivity contribution in [3.8, 4) is 5.75 Å². The Kier molecular flexibility index (Phi) is 8.17. The first kappa shape index (κ1) is 20.8. The van der Waals surface area contributed by atoms with Crippen LogP contribution in [0.1, 0.15) is 11.1 Å². The highest BCUT2D eigenvalue weighted by atomic mass is 35.5. The molecule has 1 N–H and O–H groups in total. The first-order valence-corrected chi connectivity index (χ1v) is 8.93. The SMILES string of the molecule is COc1ccc(CCNC(=O)COC(=O)/C=C/c2c(Cl)cccc2Cl)cc1. The van der Waals surface area contributed by atoms with Crippen molar-refractivity contribution < 1.29 is 19.1 Å². The molecule has 0 saturated carbocycles. The molecule has 2 aromatic carbocycles. The molecule has 2 rings (SSSR count). The van der Waals surface area contributed by atoms with Crippen LogP contribution in [0.5, 0.6) is 5.75 Å². The molecule has 0 saturated heterocycles. The standard InChI is InChI=1S/C20H19Cl2NO4/c1-26-15-7-5-14(6-8-15)11-12-23-19(24)13-27-20(25)10-9-16-17(21)3-2-4-18(16)22/h2-10H,11-13H2,1H3,(H,23,24)/b10-9+. The third-order valence-electron chi connectivity index (χ3n) is 3.63. The van der Waals surface area contributed by atoms with Crippen LogP contribution in [0.4, 0.5) is 0 Å². The van der Waals surface area contributed by atoms with Crippen LogP contribution in [0.2, 0.25) is 10.0 Å². The van der Waals surface area contributed by atoms with Crippen molar-refractivity contribution >= 4 is 41.2 Å². The molecule has 0 fully saturated rings.